The quantitative estimate of drug-likeness (QED) is 0.894. The summed E-state index contributed by atoms with van der Waals surface area (Å²) >= 11 is 3.53. The zero-order valence-electron chi connectivity index (χ0n) is 12.1. The molecule has 20 heavy (non-hydrogen) atoms. The van der Waals surface area contributed by atoms with Crippen LogP contribution >= 0.6 is 15.9 Å². The van der Waals surface area contributed by atoms with Crippen LogP contribution in [0, 0.1) is 5.92 Å². The van der Waals surface area contributed by atoms with Gasteiger partial charge in [0.15, 0.2) is 0 Å². The molecule has 1 N–H and O–H groups in total. The predicted octanol–water partition coefficient (Wildman–Crippen LogP) is 3.19. The number of hydrogen-bond donors (Lipinski definition) is 1. The van der Waals surface area contributed by atoms with Crippen molar-refractivity contribution in [3.63, 3.8) is 0 Å². The summed E-state index contributed by atoms with van der Waals surface area (Å²) in [6.45, 7) is 2.87. The Morgan fingerprint density at radius 1 is 1.45 bits per heavy atom. The van der Waals surface area contributed by atoms with Crippen LogP contribution in [-0.2, 0) is 11.3 Å². The van der Waals surface area contributed by atoms with E-state index in [0.29, 0.717) is 18.9 Å². The Hall–Kier alpha value is -0.870. The van der Waals surface area contributed by atoms with Crippen molar-refractivity contribution in [2.24, 2.45) is 5.92 Å². The molecule has 0 bridgehead atoms. The Morgan fingerprint density at radius 2 is 2.25 bits per heavy atom. The van der Waals surface area contributed by atoms with E-state index in [1.165, 1.54) is 12.8 Å². The third-order valence-corrected chi connectivity index (χ3v) is 4.73. The highest BCUT2D eigenvalue weighted by molar-refractivity contribution is 9.10. The summed E-state index contributed by atoms with van der Waals surface area (Å²) in [6, 6.07) is 8.07. The van der Waals surface area contributed by atoms with E-state index in [-0.39, 0.29) is 5.91 Å². The molecule has 1 fully saturated rings. The Labute approximate surface area is 129 Å². The molecule has 0 aromatic heterocycles. The molecule has 1 aromatic carbocycles. The van der Waals surface area contributed by atoms with Gasteiger partial charge in [-0.25, -0.2) is 0 Å². The lowest BCUT2D eigenvalue weighted by Gasteiger charge is -2.24. The molecular weight excluding hydrogens is 316 g/mol. The third kappa shape index (κ3) is 4.60. The van der Waals surface area contributed by atoms with Crippen LogP contribution in [0.1, 0.15) is 31.2 Å². The van der Waals surface area contributed by atoms with E-state index in [2.05, 4.69) is 27.3 Å². The number of piperidine rings is 1. The second-order valence-corrected chi connectivity index (χ2v) is 6.45. The van der Waals surface area contributed by atoms with Crippen molar-refractivity contribution >= 4 is 21.8 Å². The fraction of sp³-hybridized carbons (Fsp3) is 0.562. The first-order valence-electron chi connectivity index (χ1n) is 7.35. The van der Waals surface area contributed by atoms with Crippen LogP contribution in [0.5, 0.6) is 0 Å². The molecule has 0 saturated carbocycles. The van der Waals surface area contributed by atoms with E-state index in [4.69, 9.17) is 0 Å². The number of halogens is 1. The molecule has 2 rings (SSSR count). The molecule has 3 nitrogen and oxygen atoms in total. The van der Waals surface area contributed by atoms with Crippen LogP contribution in [-0.4, -0.2) is 30.9 Å². The van der Waals surface area contributed by atoms with Gasteiger partial charge in [-0.15, -0.1) is 0 Å². The number of nitrogens with zero attached hydrogens (tertiary/aromatic N) is 1. The van der Waals surface area contributed by atoms with Crippen molar-refractivity contribution < 1.29 is 4.79 Å². The SMILES string of the molecule is CN(Cc1ccccc1Br)C(=O)CCC1CCCNC1. The van der Waals surface area contributed by atoms with Crippen molar-refractivity contribution in [1.29, 1.82) is 0 Å². The Balaban J connectivity index is 1.78. The van der Waals surface area contributed by atoms with Gasteiger partial charge in [0.05, 0.1) is 0 Å². The molecule has 0 spiro atoms. The summed E-state index contributed by atoms with van der Waals surface area (Å²) in [5.74, 6) is 0.913. The van der Waals surface area contributed by atoms with Crippen molar-refractivity contribution in [1.82, 2.24) is 10.2 Å². The van der Waals surface area contributed by atoms with E-state index >= 15 is 0 Å². The van der Waals surface area contributed by atoms with E-state index in [1.54, 1.807) is 0 Å². The fourth-order valence-corrected chi connectivity index (χ4v) is 3.07. The highest BCUT2D eigenvalue weighted by atomic mass is 79.9. The molecule has 0 aliphatic carbocycles. The number of benzene rings is 1. The first kappa shape index (κ1) is 15.5. The lowest BCUT2D eigenvalue weighted by Crippen LogP contribution is -2.31. The zero-order chi connectivity index (χ0) is 14.4. The van der Waals surface area contributed by atoms with Gasteiger partial charge in [-0.3, -0.25) is 4.79 Å². The topological polar surface area (TPSA) is 32.3 Å². The molecule has 1 aromatic rings. The predicted molar refractivity (Wildman–Crippen MR) is 85.4 cm³/mol. The molecule has 1 aliphatic heterocycles. The molecule has 110 valence electrons. The average Bonchev–Trinajstić information content (AvgIpc) is 2.48. The number of amides is 1. The van der Waals surface area contributed by atoms with E-state index in [0.717, 1.165) is 29.5 Å². The number of rotatable bonds is 5. The van der Waals surface area contributed by atoms with Gasteiger partial charge < -0.3 is 10.2 Å². The largest absolute Gasteiger partial charge is 0.341 e. The van der Waals surface area contributed by atoms with Crippen LogP contribution in [0.4, 0.5) is 0 Å². The van der Waals surface area contributed by atoms with Gasteiger partial charge in [0.1, 0.15) is 0 Å². The van der Waals surface area contributed by atoms with Gasteiger partial charge in [0.25, 0.3) is 0 Å². The lowest BCUT2D eigenvalue weighted by atomic mass is 9.94. The molecule has 4 heteroatoms. The molecule has 1 unspecified atom stereocenters. The number of nitrogens with one attached hydrogen (secondary N) is 1. The molecule has 1 atom stereocenters. The normalized spacial score (nSPS) is 18.8. The van der Waals surface area contributed by atoms with Gasteiger partial charge in [-0.1, -0.05) is 34.1 Å². The molecule has 1 heterocycles. The number of carbonyl (C=O) groups excluding carboxylic acids is 1. The minimum Gasteiger partial charge on any atom is -0.341 e. The monoisotopic (exact) mass is 338 g/mol. The molecule has 1 aliphatic rings. The van der Waals surface area contributed by atoms with Gasteiger partial charge >= 0.3 is 0 Å². The summed E-state index contributed by atoms with van der Waals surface area (Å²) in [6.07, 6.45) is 4.17. The lowest BCUT2D eigenvalue weighted by molar-refractivity contribution is -0.130. The Bertz CT molecular complexity index is 444. The zero-order valence-corrected chi connectivity index (χ0v) is 13.7. The van der Waals surface area contributed by atoms with Crippen LogP contribution in [0.2, 0.25) is 0 Å². The van der Waals surface area contributed by atoms with Crippen LogP contribution in [0.25, 0.3) is 0 Å². The minimum absolute atomic E-state index is 0.242. The second-order valence-electron chi connectivity index (χ2n) is 5.59. The highest BCUT2D eigenvalue weighted by Crippen LogP contribution is 2.19. The first-order chi connectivity index (χ1) is 9.66. The average molecular weight is 339 g/mol. The van der Waals surface area contributed by atoms with Gasteiger partial charge in [0, 0.05) is 24.5 Å². The maximum atomic E-state index is 12.2. The van der Waals surface area contributed by atoms with Gasteiger partial charge in [0.2, 0.25) is 5.91 Å². The summed E-state index contributed by atoms with van der Waals surface area (Å²) < 4.78 is 1.07. The standard InChI is InChI=1S/C16H23BrN2O/c1-19(12-14-6-2-3-7-15(14)17)16(20)9-8-13-5-4-10-18-11-13/h2-3,6-7,13,18H,4-5,8-12H2,1H3. The third-order valence-electron chi connectivity index (χ3n) is 3.96. The smallest absolute Gasteiger partial charge is 0.222 e. The first-order valence-corrected chi connectivity index (χ1v) is 8.14. The van der Waals surface area contributed by atoms with Crippen molar-refractivity contribution in [2.75, 3.05) is 20.1 Å². The van der Waals surface area contributed by atoms with Gasteiger partial charge in [-0.05, 0) is 49.9 Å². The number of hydrogen-bond acceptors (Lipinski definition) is 2. The maximum Gasteiger partial charge on any atom is 0.222 e. The fourth-order valence-electron chi connectivity index (χ4n) is 2.66. The Morgan fingerprint density at radius 3 is 2.95 bits per heavy atom. The molecule has 1 amide bonds. The maximum absolute atomic E-state index is 12.2. The van der Waals surface area contributed by atoms with Crippen LogP contribution in [0.3, 0.4) is 0 Å². The van der Waals surface area contributed by atoms with Crippen LogP contribution < -0.4 is 5.32 Å². The summed E-state index contributed by atoms with van der Waals surface area (Å²) in [7, 11) is 1.89. The molecule has 1 saturated heterocycles. The molecule has 0 radical (unpaired) electrons. The minimum atomic E-state index is 0.242. The second kappa shape index (κ2) is 7.79. The number of carbonyl (C=O) groups is 1. The van der Waals surface area contributed by atoms with E-state index in [9.17, 15) is 4.79 Å². The van der Waals surface area contributed by atoms with Crippen molar-refractivity contribution in [2.45, 2.75) is 32.2 Å². The van der Waals surface area contributed by atoms with E-state index in [1.807, 2.05) is 30.1 Å². The molecular formula is C16H23BrN2O. The van der Waals surface area contributed by atoms with Crippen molar-refractivity contribution in [3.05, 3.63) is 34.3 Å². The summed E-state index contributed by atoms with van der Waals surface area (Å²) in [5.41, 5.74) is 1.16. The Kier molecular flexibility index (Phi) is 6.05. The van der Waals surface area contributed by atoms with E-state index < -0.39 is 0 Å². The highest BCUT2D eigenvalue weighted by Gasteiger charge is 2.16. The van der Waals surface area contributed by atoms with Gasteiger partial charge in [-0.2, -0.15) is 0 Å². The van der Waals surface area contributed by atoms with Crippen molar-refractivity contribution in [3.8, 4) is 0 Å². The van der Waals surface area contributed by atoms with Crippen LogP contribution in [0.15, 0.2) is 28.7 Å². The summed E-state index contributed by atoms with van der Waals surface area (Å²) in [4.78, 5) is 14.0. The summed E-state index contributed by atoms with van der Waals surface area (Å²) in [5, 5.41) is 3.40.